The second-order valence-electron chi connectivity index (χ2n) is 3.98. The van der Waals surface area contributed by atoms with E-state index in [9.17, 15) is 0 Å². The monoisotopic (exact) mass is 204 g/mol. The lowest BCUT2D eigenvalue weighted by molar-refractivity contribution is 0.591. The number of benzene rings is 1. The second kappa shape index (κ2) is 7.33. The number of unbranched alkanes of at least 4 members (excludes halogenated alkanes) is 1. The van der Waals surface area contributed by atoms with Crippen LogP contribution in [-0.2, 0) is 0 Å². The summed E-state index contributed by atoms with van der Waals surface area (Å²) in [5.74, 6) is 0. The molecular formula is C14H22N. The van der Waals surface area contributed by atoms with Crippen molar-refractivity contribution in [3.63, 3.8) is 0 Å². The molecule has 1 nitrogen and oxygen atoms in total. The van der Waals surface area contributed by atoms with E-state index in [-0.39, 0.29) is 0 Å². The number of hydrogen-bond acceptors (Lipinski definition) is 1. The Balaban J connectivity index is 2.43. The summed E-state index contributed by atoms with van der Waals surface area (Å²) in [5.41, 5.74) is 1.24. The van der Waals surface area contributed by atoms with Crippen molar-refractivity contribution >= 4 is 5.69 Å². The third-order valence-electron chi connectivity index (χ3n) is 2.59. The molecule has 0 amide bonds. The van der Waals surface area contributed by atoms with Crippen molar-refractivity contribution < 1.29 is 0 Å². The maximum atomic E-state index is 3.59. The number of para-hydroxylation sites is 1. The zero-order valence-electron chi connectivity index (χ0n) is 9.87. The average molecular weight is 204 g/mol. The van der Waals surface area contributed by atoms with Crippen molar-refractivity contribution in [2.45, 2.75) is 45.6 Å². The van der Waals surface area contributed by atoms with Crippen LogP contribution in [0.15, 0.2) is 30.3 Å². The highest BCUT2D eigenvalue weighted by atomic mass is 14.9. The highest BCUT2D eigenvalue weighted by Gasteiger charge is 2.06. The molecule has 15 heavy (non-hydrogen) atoms. The highest BCUT2D eigenvalue weighted by Crippen LogP contribution is 2.14. The van der Waals surface area contributed by atoms with Crippen molar-refractivity contribution in [1.29, 1.82) is 0 Å². The normalized spacial score (nSPS) is 12.4. The molecule has 0 heterocycles. The molecule has 83 valence electrons. The van der Waals surface area contributed by atoms with Gasteiger partial charge in [-0.1, -0.05) is 38.5 Å². The van der Waals surface area contributed by atoms with Gasteiger partial charge in [0.2, 0.25) is 0 Å². The van der Waals surface area contributed by atoms with Crippen LogP contribution in [0.3, 0.4) is 0 Å². The first-order valence-corrected chi connectivity index (χ1v) is 5.96. The van der Waals surface area contributed by atoms with Crippen LogP contribution in [0.5, 0.6) is 0 Å². The molecule has 1 unspecified atom stereocenters. The minimum Gasteiger partial charge on any atom is -0.382 e. The summed E-state index contributed by atoms with van der Waals surface area (Å²) < 4.78 is 0. The first kappa shape index (κ1) is 12.1. The lowest BCUT2D eigenvalue weighted by Gasteiger charge is -2.18. The van der Waals surface area contributed by atoms with Gasteiger partial charge in [0, 0.05) is 11.7 Å². The lowest BCUT2D eigenvalue weighted by Crippen LogP contribution is -2.19. The van der Waals surface area contributed by atoms with Crippen LogP contribution in [-0.4, -0.2) is 6.04 Å². The zero-order valence-corrected chi connectivity index (χ0v) is 9.87. The summed E-state index contributed by atoms with van der Waals surface area (Å²) in [5, 5.41) is 3.59. The molecule has 0 saturated carbocycles. The quantitative estimate of drug-likeness (QED) is 0.699. The molecule has 1 rings (SSSR count). The van der Waals surface area contributed by atoms with Gasteiger partial charge in [0.25, 0.3) is 0 Å². The molecule has 1 aromatic rings. The van der Waals surface area contributed by atoms with Gasteiger partial charge in [-0.25, -0.2) is 0 Å². The summed E-state index contributed by atoms with van der Waals surface area (Å²) in [6.07, 6.45) is 7.18. The third kappa shape index (κ3) is 4.87. The minimum absolute atomic E-state index is 0.619. The Kier molecular flexibility index (Phi) is 5.91. The second-order valence-corrected chi connectivity index (χ2v) is 3.98. The summed E-state index contributed by atoms with van der Waals surface area (Å²) in [7, 11) is 0. The van der Waals surface area contributed by atoms with Crippen LogP contribution >= 0.6 is 0 Å². The minimum atomic E-state index is 0.619. The number of anilines is 1. The Morgan fingerprint density at radius 1 is 1.20 bits per heavy atom. The maximum Gasteiger partial charge on any atom is 0.0342 e. The number of rotatable bonds is 7. The topological polar surface area (TPSA) is 12.0 Å². The van der Waals surface area contributed by atoms with Crippen molar-refractivity contribution in [2.24, 2.45) is 0 Å². The first-order valence-electron chi connectivity index (χ1n) is 5.96. The molecule has 0 aliphatic rings. The Hall–Kier alpha value is -0.980. The Bertz CT molecular complexity index is 243. The predicted octanol–water partition coefficient (Wildman–Crippen LogP) is 4.27. The summed E-state index contributed by atoms with van der Waals surface area (Å²) in [6, 6.07) is 11.1. The molecular weight excluding hydrogens is 182 g/mol. The number of nitrogens with one attached hydrogen (secondary N) is 1. The van der Waals surface area contributed by atoms with E-state index in [1.165, 1.54) is 31.4 Å². The van der Waals surface area contributed by atoms with Crippen molar-refractivity contribution in [3.8, 4) is 0 Å². The summed E-state index contributed by atoms with van der Waals surface area (Å²) >= 11 is 0. The van der Waals surface area contributed by atoms with Gasteiger partial charge in [-0.15, -0.1) is 0 Å². The third-order valence-corrected chi connectivity index (χ3v) is 2.59. The fraction of sp³-hybridized carbons (Fsp3) is 0.500. The fourth-order valence-electron chi connectivity index (χ4n) is 1.78. The summed E-state index contributed by atoms with van der Waals surface area (Å²) in [6.45, 7) is 4.38. The van der Waals surface area contributed by atoms with E-state index in [2.05, 4.69) is 55.9 Å². The van der Waals surface area contributed by atoms with Crippen LogP contribution in [0.4, 0.5) is 5.69 Å². The van der Waals surface area contributed by atoms with Gasteiger partial charge < -0.3 is 5.32 Å². The van der Waals surface area contributed by atoms with E-state index in [4.69, 9.17) is 0 Å². The smallest absolute Gasteiger partial charge is 0.0342 e. The molecule has 1 atom stereocenters. The van der Waals surface area contributed by atoms with Crippen LogP contribution in [0.1, 0.15) is 39.5 Å². The van der Waals surface area contributed by atoms with Crippen LogP contribution in [0, 0.1) is 6.42 Å². The van der Waals surface area contributed by atoms with E-state index >= 15 is 0 Å². The van der Waals surface area contributed by atoms with Gasteiger partial charge in [-0.2, -0.15) is 0 Å². The van der Waals surface area contributed by atoms with Gasteiger partial charge in [0.15, 0.2) is 0 Å². The molecule has 1 aromatic carbocycles. The van der Waals surface area contributed by atoms with Gasteiger partial charge in [0.05, 0.1) is 0 Å². The maximum absolute atomic E-state index is 3.59. The molecule has 1 radical (unpaired) electrons. The van der Waals surface area contributed by atoms with Crippen molar-refractivity contribution in [1.82, 2.24) is 0 Å². The average Bonchev–Trinajstić information content (AvgIpc) is 2.28. The molecule has 0 aliphatic carbocycles. The van der Waals surface area contributed by atoms with Crippen LogP contribution in [0.2, 0.25) is 0 Å². The predicted molar refractivity (Wildman–Crippen MR) is 68.0 cm³/mol. The molecule has 0 fully saturated rings. The van der Waals surface area contributed by atoms with E-state index in [0.29, 0.717) is 6.04 Å². The van der Waals surface area contributed by atoms with E-state index < -0.39 is 0 Å². The Morgan fingerprint density at radius 2 is 1.93 bits per heavy atom. The van der Waals surface area contributed by atoms with Crippen LogP contribution < -0.4 is 5.32 Å². The van der Waals surface area contributed by atoms with E-state index in [1.807, 2.05) is 0 Å². The fourth-order valence-corrected chi connectivity index (χ4v) is 1.78. The molecule has 0 aliphatic heterocycles. The first-order chi connectivity index (χ1) is 7.36. The van der Waals surface area contributed by atoms with Gasteiger partial charge in [-0.05, 0) is 37.8 Å². The standard InChI is InChI=1S/C14H22N/c1-3-5-10-13(9-4-2)15-14-11-7-6-8-12-14/h3,6-8,11-13,15H,4-5,9-10H2,1-2H3. The molecule has 0 bridgehead atoms. The summed E-state index contributed by atoms with van der Waals surface area (Å²) in [4.78, 5) is 0. The molecule has 0 spiro atoms. The van der Waals surface area contributed by atoms with E-state index in [1.54, 1.807) is 0 Å². The van der Waals surface area contributed by atoms with E-state index in [0.717, 1.165) is 0 Å². The van der Waals surface area contributed by atoms with Crippen molar-refractivity contribution in [2.75, 3.05) is 5.32 Å². The van der Waals surface area contributed by atoms with Gasteiger partial charge in [0.1, 0.15) is 0 Å². The molecule has 0 aromatic heterocycles. The zero-order chi connectivity index (χ0) is 10.9. The molecule has 0 saturated heterocycles. The largest absolute Gasteiger partial charge is 0.382 e. The Labute approximate surface area is 93.9 Å². The number of hydrogen-bond donors (Lipinski definition) is 1. The lowest BCUT2D eigenvalue weighted by atomic mass is 10.0. The Morgan fingerprint density at radius 3 is 2.53 bits per heavy atom. The molecule has 1 N–H and O–H groups in total. The van der Waals surface area contributed by atoms with Crippen molar-refractivity contribution in [3.05, 3.63) is 36.8 Å². The van der Waals surface area contributed by atoms with Crippen LogP contribution in [0.25, 0.3) is 0 Å². The highest BCUT2D eigenvalue weighted by molar-refractivity contribution is 5.43. The SMILES string of the molecule is C[CH]CCC(CCC)Nc1ccccc1. The molecule has 1 heteroatoms. The van der Waals surface area contributed by atoms with Gasteiger partial charge >= 0.3 is 0 Å². The van der Waals surface area contributed by atoms with Gasteiger partial charge in [-0.3, -0.25) is 0 Å².